The van der Waals surface area contributed by atoms with Crippen molar-refractivity contribution >= 4 is 11.4 Å². The van der Waals surface area contributed by atoms with E-state index in [0.29, 0.717) is 5.75 Å². The third-order valence-corrected chi connectivity index (χ3v) is 4.22. The Kier molecular flexibility index (Phi) is 3.64. The van der Waals surface area contributed by atoms with Crippen LogP contribution in [0, 0.1) is 11.8 Å². The van der Waals surface area contributed by atoms with Crippen LogP contribution in [-0.2, 0) is 0 Å². The van der Waals surface area contributed by atoms with Crippen molar-refractivity contribution in [3.8, 4) is 11.5 Å². The average molecular weight is 276 g/mol. The number of ether oxygens (including phenoxy) is 2. The van der Waals surface area contributed by atoms with Crippen molar-refractivity contribution in [2.24, 2.45) is 11.8 Å². The molecule has 1 aromatic rings. The van der Waals surface area contributed by atoms with E-state index in [0.717, 1.165) is 42.0 Å². The predicted octanol–water partition coefficient (Wildman–Crippen LogP) is 2.91. The summed E-state index contributed by atoms with van der Waals surface area (Å²) in [6, 6.07) is 3.90. The first kappa shape index (κ1) is 13.4. The second-order valence-corrected chi connectivity index (χ2v) is 6.06. The minimum Gasteiger partial charge on any atom is -0.493 e. The van der Waals surface area contributed by atoms with Crippen LogP contribution in [0.15, 0.2) is 12.1 Å². The zero-order valence-electron chi connectivity index (χ0n) is 12.4. The lowest BCUT2D eigenvalue weighted by molar-refractivity contribution is 0.355. The summed E-state index contributed by atoms with van der Waals surface area (Å²) < 4.78 is 10.7. The molecule has 0 amide bonds. The molecule has 0 saturated heterocycles. The zero-order valence-corrected chi connectivity index (χ0v) is 12.4. The number of methoxy groups -OCH3 is 2. The van der Waals surface area contributed by atoms with Gasteiger partial charge < -0.3 is 20.1 Å². The molecule has 4 heteroatoms. The fourth-order valence-corrected chi connectivity index (χ4v) is 2.65. The minimum atomic E-state index is 0.701. The van der Waals surface area contributed by atoms with Gasteiger partial charge in [-0.2, -0.15) is 0 Å². The molecule has 0 atom stereocenters. The number of nitrogen functional groups attached to an aromatic ring is 1. The highest BCUT2D eigenvalue weighted by Crippen LogP contribution is 2.41. The van der Waals surface area contributed by atoms with Crippen molar-refractivity contribution in [3.63, 3.8) is 0 Å². The lowest BCUT2D eigenvalue weighted by Crippen LogP contribution is -2.28. The largest absolute Gasteiger partial charge is 0.493 e. The van der Waals surface area contributed by atoms with Crippen LogP contribution in [0.1, 0.15) is 25.7 Å². The first-order valence-electron chi connectivity index (χ1n) is 7.47. The topological polar surface area (TPSA) is 47.7 Å². The number of hydrogen-bond acceptors (Lipinski definition) is 4. The molecule has 0 spiro atoms. The number of anilines is 2. The van der Waals surface area contributed by atoms with Crippen LogP contribution in [-0.4, -0.2) is 27.3 Å². The highest BCUT2D eigenvalue weighted by Gasteiger charge is 2.30. The summed E-state index contributed by atoms with van der Waals surface area (Å²) in [5.74, 6) is 3.15. The normalized spacial score (nSPS) is 17.9. The van der Waals surface area contributed by atoms with Gasteiger partial charge in [0, 0.05) is 25.2 Å². The molecule has 2 aliphatic carbocycles. The smallest absolute Gasteiger partial charge is 0.162 e. The van der Waals surface area contributed by atoms with Gasteiger partial charge in [0.1, 0.15) is 0 Å². The van der Waals surface area contributed by atoms with Crippen LogP contribution < -0.4 is 20.1 Å². The average Bonchev–Trinajstić information content (AvgIpc) is 3.33. The molecule has 2 aliphatic rings. The van der Waals surface area contributed by atoms with Gasteiger partial charge in [-0.25, -0.2) is 0 Å². The summed E-state index contributed by atoms with van der Waals surface area (Å²) in [6.45, 7) is 2.24. The van der Waals surface area contributed by atoms with Gasteiger partial charge in [0.05, 0.1) is 25.6 Å². The Morgan fingerprint density at radius 1 is 1.00 bits per heavy atom. The van der Waals surface area contributed by atoms with Crippen molar-refractivity contribution in [2.45, 2.75) is 25.7 Å². The zero-order chi connectivity index (χ0) is 14.1. The lowest BCUT2D eigenvalue weighted by Gasteiger charge is -2.27. The summed E-state index contributed by atoms with van der Waals surface area (Å²) in [4.78, 5) is 2.45. The molecule has 2 fully saturated rings. The summed E-state index contributed by atoms with van der Waals surface area (Å²) in [5.41, 5.74) is 8.12. The number of hydrogen-bond donors (Lipinski definition) is 1. The van der Waals surface area contributed by atoms with E-state index in [9.17, 15) is 0 Å². The molecule has 1 aromatic carbocycles. The first-order valence-corrected chi connectivity index (χ1v) is 7.47. The molecule has 0 heterocycles. The third kappa shape index (κ3) is 2.94. The predicted molar refractivity (Wildman–Crippen MR) is 81.6 cm³/mol. The first-order chi connectivity index (χ1) is 9.71. The molecule has 0 bridgehead atoms. The maximum Gasteiger partial charge on any atom is 0.162 e. The molecule has 2 N–H and O–H groups in total. The van der Waals surface area contributed by atoms with Gasteiger partial charge in [0.15, 0.2) is 11.5 Å². The van der Waals surface area contributed by atoms with Crippen molar-refractivity contribution in [3.05, 3.63) is 12.1 Å². The van der Waals surface area contributed by atoms with Crippen molar-refractivity contribution in [1.29, 1.82) is 0 Å². The summed E-state index contributed by atoms with van der Waals surface area (Å²) >= 11 is 0. The van der Waals surface area contributed by atoms with Gasteiger partial charge in [-0.1, -0.05) is 0 Å². The summed E-state index contributed by atoms with van der Waals surface area (Å²) in [5, 5.41) is 0. The molecule has 0 radical (unpaired) electrons. The van der Waals surface area contributed by atoms with E-state index in [2.05, 4.69) is 4.90 Å². The monoisotopic (exact) mass is 276 g/mol. The molecule has 20 heavy (non-hydrogen) atoms. The molecule has 4 nitrogen and oxygen atoms in total. The Morgan fingerprint density at radius 3 is 1.95 bits per heavy atom. The van der Waals surface area contributed by atoms with E-state index >= 15 is 0 Å². The second kappa shape index (κ2) is 5.43. The maximum atomic E-state index is 6.24. The molecule has 0 unspecified atom stereocenters. The minimum absolute atomic E-state index is 0.701. The van der Waals surface area contributed by atoms with E-state index in [1.165, 1.54) is 25.7 Å². The highest BCUT2D eigenvalue weighted by atomic mass is 16.5. The van der Waals surface area contributed by atoms with Crippen LogP contribution in [0.5, 0.6) is 11.5 Å². The summed E-state index contributed by atoms with van der Waals surface area (Å²) in [6.07, 6.45) is 5.42. The van der Waals surface area contributed by atoms with Gasteiger partial charge in [-0.15, -0.1) is 0 Å². The molecule has 2 saturated carbocycles. The van der Waals surface area contributed by atoms with Crippen LogP contribution in [0.3, 0.4) is 0 Å². The number of rotatable bonds is 7. The fraction of sp³-hybridized carbons (Fsp3) is 0.625. The quantitative estimate of drug-likeness (QED) is 0.778. The van der Waals surface area contributed by atoms with Gasteiger partial charge in [0.25, 0.3) is 0 Å². The van der Waals surface area contributed by atoms with Gasteiger partial charge >= 0.3 is 0 Å². The molecular formula is C16H24N2O2. The van der Waals surface area contributed by atoms with Crippen molar-refractivity contribution < 1.29 is 9.47 Å². The number of benzene rings is 1. The Bertz CT molecular complexity index is 468. The van der Waals surface area contributed by atoms with Gasteiger partial charge in [0.2, 0.25) is 0 Å². The van der Waals surface area contributed by atoms with E-state index in [-0.39, 0.29) is 0 Å². The van der Waals surface area contributed by atoms with Crippen LogP contribution in [0.25, 0.3) is 0 Å². The second-order valence-electron chi connectivity index (χ2n) is 6.06. The van der Waals surface area contributed by atoms with E-state index in [1.807, 2.05) is 12.1 Å². The molecule has 110 valence electrons. The molecule has 3 rings (SSSR count). The molecule has 0 aromatic heterocycles. The Morgan fingerprint density at radius 2 is 1.50 bits per heavy atom. The standard InChI is InChI=1S/C16H24N2O2/c1-19-15-7-13(17)14(8-16(15)20-2)18(9-11-3-4-11)10-12-5-6-12/h7-8,11-12H,3-6,9-10,17H2,1-2H3. The number of nitrogens with two attached hydrogens (primary N) is 1. The van der Waals surface area contributed by atoms with E-state index < -0.39 is 0 Å². The van der Waals surface area contributed by atoms with Gasteiger partial charge in [-0.05, 0) is 37.5 Å². The van der Waals surface area contributed by atoms with Crippen LogP contribution in [0.4, 0.5) is 11.4 Å². The Balaban J connectivity index is 1.86. The van der Waals surface area contributed by atoms with Gasteiger partial charge in [-0.3, -0.25) is 0 Å². The Labute approximate surface area is 120 Å². The van der Waals surface area contributed by atoms with E-state index in [4.69, 9.17) is 15.2 Å². The highest BCUT2D eigenvalue weighted by molar-refractivity contribution is 5.73. The Hall–Kier alpha value is -1.58. The van der Waals surface area contributed by atoms with Crippen LogP contribution >= 0.6 is 0 Å². The number of nitrogens with zero attached hydrogens (tertiary/aromatic N) is 1. The SMILES string of the molecule is COc1cc(N)c(N(CC2CC2)CC2CC2)cc1OC. The fourth-order valence-electron chi connectivity index (χ4n) is 2.65. The van der Waals surface area contributed by atoms with Crippen molar-refractivity contribution in [2.75, 3.05) is 37.9 Å². The third-order valence-electron chi connectivity index (χ3n) is 4.22. The van der Waals surface area contributed by atoms with E-state index in [1.54, 1.807) is 14.2 Å². The maximum absolute atomic E-state index is 6.24. The van der Waals surface area contributed by atoms with Crippen LogP contribution in [0.2, 0.25) is 0 Å². The summed E-state index contributed by atoms with van der Waals surface area (Å²) in [7, 11) is 3.31. The van der Waals surface area contributed by atoms with Crippen molar-refractivity contribution in [1.82, 2.24) is 0 Å². The lowest BCUT2D eigenvalue weighted by atomic mass is 10.2. The molecule has 0 aliphatic heterocycles. The molecular weight excluding hydrogens is 252 g/mol.